The lowest BCUT2D eigenvalue weighted by molar-refractivity contribution is 0.548. The van der Waals surface area contributed by atoms with E-state index >= 15 is 0 Å². The molecule has 0 aliphatic carbocycles. The molecule has 0 aromatic carbocycles. The number of aryl methyl sites for hydroxylation is 2. The predicted octanol–water partition coefficient (Wildman–Crippen LogP) is 1.87. The van der Waals surface area contributed by atoms with Gasteiger partial charge in [0.05, 0.1) is 10.2 Å². The van der Waals surface area contributed by atoms with Crippen LogP contribution in [0.3, 0.4) is 0 Å². The van der Waals surface area contributed by atoms with Gasteiger partial charge in [-0.3, -0.25) is 4.68 Å². The van der Waals surface area contributed by atoms with E-state index in [9.17, 15) is 0 Å². The Morgan fingerprint density at radius 3 is 2.62 bits per heavy atom. The third-order valence-corrected chi connectivity index (χ3v) is 3.24. The molecule has 1 rings (SSSR count). The van der Waals surface area contributed by atoms with Crippen LogP contribution in [0.25, 0.3) is 0 Å². The number of hydrogen-bond acceptors (Lipinski definition) is 2. The Hall–Kier alpha value is -0.350. The number of nitrogens with zero attached hydrogens (tertiary/aromatic N) is 2. The highest BCUT2D eigenvalue weighted by atomic mass is 79.9. The number of nitrogens with one attached hydrogen (secondary N) is 1. The van der Waals surface area contributed by atoms with E-state index in [0.717, 1.165) is 29.7 Å². The van der Waals surface area contributed by atoms with E-state index in [0.29, 0.717) is 0 Å². The number of aromatic nitrogens is 2. The Morgan fingerprint density at radius 1 is 1.46 bits per heavy atom. The van der Waals surface area contributed by atoms with Crippen molar-refractivity contribution in [3.8, 4) is 0 Å². The quantitative estimate of drug-likeness (QED) is 0.822. The lowest BCUT2D eigenvalue weighted by Crippen LogP contribution is -2.12. The average Bonchev–Trinajstić information content (AvgIpc) is 2.34. The van der Waals surface area contributed by atoms with Gasteiger partial charge < -0.3 is 5.32 Å². The van der Waals surface area contributed by atoms with E-state index < -0.39 is 0 Å². The highest BCUT2D eigenvalue weighted by Crippen LogP contribution is 2.19. The smallest absolute Gasteiger partial charge is 0.0738 e. The van der Waals surface area contributed by atoms with Crippen LogP contribution < -0.4 is 5.32 Å². The summed E-state index contributed by atoms with van der Waals surface area (Å²) in [5.74, 6) is 0. The van der Waals surface area contributed by atoms with Crippen molar-refractivity contribution in [1.82, 2.24) is 15.1 Å². The molecule has 0 saturated carbocycles. The lowest BCUT2D eigenvalue weighted by atomic mass is 10.4. The van der Waals surface area contributed by atoms with Crippen molar-refractivity contribution in [2.24, 2.45) is 0 Å². The molecular formula is C9H16BrN3. The molecule has 1 heterocycles. The lowest BCUT2D eigenvalue weighted by Gasteiger charge is -2.03. The summed E-state index contributed by atoms with van der Waals surface area (Å²) < 4.78 is 3.19. The van der Waals surface area contributed by atoms with Gasteiger partial charge in [0.2, 0.25) is 0 Å². The Kier molecular flexibility index (Phi) is 3.93. The summed E-state index contributed by atoms with van der Waals surface area (Å²) in [6.45, 7) is 6.13. The fourth-order valence-electron chi connectivity index (χ4n) is 1.30. The summed E-state index contributed by atoms with van der Waals surface area (Å²) in [5, 5.41) is 7.55. The topological polar surface area (TPSA) is 29.9 Å². The van der Waals surface area contributed by atoms with Crippen LogP contribution in [0.1, 0.15) is 17.8 Å². The van der Waals surface area contributed by atoms with Gasteiger partial charge in [-0.05, 0) is 49.8 Å². The first-order valence-corrected chi connectivity index (χ1v) is 5.30. The van der Waals surface area contributed by atoms with Gasteiger partial charge in [-0.25, -0.2) is 0 Å². The van der Waals surface area contributed by atoms with E-state index in [-0.39, 0.29) is 0 Å². The molecule has 0 atom stereocenters. The molecule has 3 nitrogen and oxygen atoms in total. The summed E-state index contributed by atoms with van der Waals surface area (Å²) >= 11 is 3.51. The van der Waals surface area contributed by atoms with E-state index in [1.807, 2.05) is 14.0 Å². The molecule has 0 aliphatic heterocycles. The first-order valence-electron chi connectivity index (χ1n) is 4.51. The average molecular weight is 246 g/mol. The molecule has 4 heteroatoms. The van der Waals surface area contributed by atoms with Gasteiger partial charge in [0.15, 0.2) is 0 Å². The minimum atomic E-state index is 0.985. The van der Waals surface area contributed by atoms with E-state index in [1.165, 1.54) is 5.69 Å². The fraction of sp³-hybridized carbons (Fsp3) is 0.667. The molecule has 0 fully saturated rings. The maximum absolute atomic E-state index is 4.42. The number of hydrogen-bond donors (Lipinski definition) is 1. The van der Waals surface area contributed by atoms with Gasteiger partial charge in [0.25, 0.3) is 0 Å². The normalized spacial score (nSPS) is 10.8. The summed E-state index contributed by atoms with van der Waals surface area (Å²) in [6, 6.07) is 0. The van der Waals surface area contributed by atoms with Crippen molar-refractivity contribution in [1.29, 1.82) is 0 Å². The van der Waals surface area contributed by atoms with E-state index in [2.05, 4.69) is 38.0 Å². The highest BCUT2D eigenvalue weighted by Gasteiger charge is 2.07. The molecule has 0 amide bonds. The second-order valence-corrected chi connectivity index (χ2v) is 3.96. The third-order valence-electron chi connectivity index (χ3n) is 2.09. The monoisotopic (exact) mass is 245 g/mol. The van der Waals surface area contributed by atoms with Crippen molar-refractivity contribution in [3.63, 3.8) is 0 Å². The molecule has 0 saturated heterocycles. The summed E-state index contributed by atoms with van der Waals surface area (Å²) in [4.78, 5) is 0. The second-order valence-electron chi connectivity index (χ2n) is 3.17. The van der Waals surface area contributed by atoms with Gasteiger partial charge in [0, 0.05) is 12.2 Å². The van der Waals surface area contributed by atoms with Crippen LogP contribution in [0.4, 0.5) is 0 Å². The molecule has 0 bridgehead atoms. The van der Waals surface area contributed by atoms with Crippen LogP contribution in [0.5, 0.6) is 0 Å². The molecule has 0 spiro atoms. The third kappa shape index (κ3) is 2.54. The molecule has 0 aliphatic rings. The number of halogens is 1. The van der Waals surface area contributed by atoms with Gasteiger partial charge in [-0.2, -0.15) is 5.10 Å². The van der Waals surface area contributed by atoms with Crippen LogP contribution in [0, 0.1) is 13.8 Å². The van der Waals surface area contributed by atoms with Gasteiger partial charge in [-0.1, -0.05) is 0 Å². The van der Waals surface area contributed by atoms with Crippen molar-refractivity contribution in [2.45, 2.75) is 26.8 Å². The standard InChI is InChI=1S/C9H16BrN3/c1-7-9(10)8(2)13(12-7)6-4-5-11-3/h11H,4-6H2,1-3H3. The van der Waals surface area contributed by atoms with Crippen LogP contribution in [-0.2, 0) is 6.54 Å². The molecule has 1 aromatic rings. The Morgan fingerprint density at radius 2 is 2.15 bits per heavy atom. The summed E-state index contributed by atoms with van der Waals surface area (Å²) in [5.41, 5.74) is 2.29. The maximum atomic E-state index is 4.42. The van der Waals surface area contributed by atoms with Crippen LogP contribution >= 0.6 is 15.9 Å². The molecule has 13 heavy (non-hydrogen) atoms. The van der Waals surface area contributed by atoms with Crippen LogP contribution in [0.15, 0.2) is 4.47 Å². The second kappa shape index (κ2) is 4.77. The first kappa shape index (κ1) is 10.7. The van der Waals surface area contributed by atoms with E-state index in [1.54, 1.807) is 0 Å². The Labute approximate surface area is 87.6 Å². The van der Waals surface area contributed by atoms with Crippen LogP contribution in [-0.4, -0.2) is 23.4 Å². The molecule has 1 aromatic heterocycles. The minimum absolute atomic E-state index is 0.985. The molecule has 0 radical (unpaired) electrons. The summed E-state index contributed by atoms with van der Waals surface area (Å²) in [6.07, 6.45) is 1.12. The molecule has 1 N–H and O–H groups in total. The van der Waals surface area contributed by atoms with Crippen molar-refractivity contribution >= 4 is 15.9 Å². The zero-order valence-corrected chi connectivity index (χ0v) is 9.98. The predicted molar refractivity (Wildman–Crippen MR) is 57.9 cm³/mol. The van der Waals surface area contributed by atoms with Gasteiger partial charge in [0.1, 0.15) is 0 Å². The van der Waals surface area contributed by atoms with Crippen molar-refractivity contribution in [3.05, 3.63) is 15.9 Å². The van der Waals surface area contributed by atoms with Crippen molar-refractivity contribution < 1.29 is 0 Å². The fourth-order valence-corrected chi connectivity index (χ4v) is 1.58. The van der Waals surface area contributed by atoms with Gasteiger partial charge >= 0.3 is 0 Å². The zero-order chi connectivity index (χ0) is 9.84. The first-order chi connectivity index (χ1) is 6.16. The Balaban J connectivity index is 2.61. The molecule has 74 valence electrons. The maximum Gasteiger partial charge on any atom is 0.0738 e. The summed E-state index contributed by atoms with van der Waals surface area (Å²) in [7, 11) is 1.97. The van der Waals surface area contributed by atoms with Crippen LogP contribution in [0.2, 0.25) is 0 Å². The SMILES string of the molecule is CNCCCn1nc(C)c(Br)c1C. The highest BCUT2D eigenvalue weighted by molar-refractivity contribution is 9.10. The largest absolute Gasteiger partial charge is 0.320 e. The molecular weight excluding hydrogens is 230 g/mol. The Bertz CT molecular complexity index is 281. The van der Waals surface area contributed by atoms with Gasteiger partial charge in [-0.15, -0.1) is 0 Å². The number of rotatable bonds is 4. The molecule has 0 unspecified atom stereocenters. The van der Waals surface area contributed by atoms with Crippen molar-refractivity contribution in [2.75, 3.05) is 13.6 Å². The zero-order valence-electron chi connectivity index (χ0n) is 8.39. The minimum Gasteiger partial charge on any atom is -0.320 e. The van der Waals surface area contributed by atoms with E-state index in [4.69, 9.17) is 0 Å².